The molecule has 2 aromatic rings. The summed E-state index contributed by atoms with van der Waals surface area (Å²) in [4.78, 5) is 26.5. The van der Waals surface area contributed by atoms with Gasteiger partial charge >= 0.3 is 6.03 Å². The first-order chi connectivity index (χ1) is 12.0. The van der Waals surface area contributed by atoms with Crippen molar-refractivity contribution < 1.29 is 19.1 Å². The highest BCUT2D eigenvalue weighted by Gasteiger charge is 2.47. The van der Waals surface area contributed by atoms with E-state index in [0.29, 0.717) is 17.9 Å². The maximum atomic E-state index is 12.9. The van der Waals surface area contributed by atoms with E-state index < -0.39 is 5.54 Å². The smallest absolute Gasteiger partial charge is 0.325 e. The molecule has 1 N–H and O–H groups in total. The van der Waals surface area contributed by atoms with Gasteiger partial charge in [0.2, 0.25) is 6.79 Å². The van der Waals surface area contributed by atoms with E-state index in [1.54, 1.807) is 6.92 Å². The molecule has 1 unspecified atom stereocenters. The SMILES string of the molecule is CC1(Cc2ccc3c(c2)OCO3)NC(=O)N(Cc2ccccc2)C1=O. The molecule has 0 radical (unpaired) electrons. The van der Waals surface area contributed by atoms with Crippen LogP contribution in [0.2, 0.25) is 0 Å². The van der Waals surface area contributed by atoms with E-state index in [9.17, 15) is 9.59 Å². The third kappa shape index (κ3) is 2.80. The summed E-state index contributed by atoms with van der Waals surface area (Å²) in [5, 5.41) is 2.83. The van der Waals surface area contributed by atoms with E-state index in [1.807, 2.05) is 48.5 Å². The second kappa shape index (κ2) is 5.81. The lowest BCUT2D eigenvalue weighted by Gasteiger charge is -2.22. The summed E-state index contributed by atoms with van der Waals surface area (Å²) in [5.41, 5.74) is 0.847. The van der Waals surface area contributed by atoms with Gasteiger partial charge in [-0.15, -0.1) is 0 Å². The number of hydrogen-bond donors (Lipinski definition) is 1. The van der Waals surface area contributed by atoms with E-state index >= 15 is 0 Å². The highest BCUT2D eigenvalue weighted by molar-refractivity contribution is 6.06. The summed E-state index contributed by atoms with van der Waals surface area (Å²) in [6.45, 7) is 2.22. The standard InChI is InChI=1S/C19H18N2O4/c1-19(10-14-7-8-15-16(9-14)25-12-24-15)17(22)21(18(23)20-19)11-13-5-3-2-4-6-13/h2-9H,10-12H2,1H3,(H,20,23). The Kier molecular flexibility index (Phi) is 3.60. The predicted octanol–water partition coefficient (Wildman–Crippen LogP) is 2.47. The fourth-order valence-corrected chi connectivity index (χ4v) is 3.24. The first kappa shape index (κ1) is 15.5. The van der Waals surface area contributed by atoms with E-state index in [1.165, 1.54) is 4.90 Å². The van der Waals surface area contributed by atoms with Crippen molar-refractivity contribution in [1.82, 2.24) is 10.2 Å². The van der Waals surface area contributed by atoms with Crippen LogP contribution in [0.1, 0.15) is 18.1 Å². The Morgan fingerprint density at radius 1 is 1.04 bits per heavy atom. The van der Waals surface area contributed by atoms with Gasteiger partial charge in [0.05, 0.1) is 6.54 Å². The summed E-state index contributed by atoms with van der Waals surface area (Å²) in [6.07, 6.45) is 0.388. The molecular weight excluding hydrogens is 320 g/mol. The van der Waals surface area contributed by atoms with Crippen molar-refractivity contribution in [2.45, 2.75) is 25.4 Å². The van der Waals surface area contributed by atoms with Gasteiger partial charge in [-0.25, -0.2) is 4.79 Å². The van der Waals surface area contributed by atoms with Gasteiger partial charge < -0.3 is 14.8 Å². The number of nitrogens with one attached hydrogen (secondary N) is 1. The molecule has 0 aromatic heterocycles. The number of carbonyl (C=O) groups is 2. The maximum Gasteiger partial charge on any atom is 0.325 e. The molecule has 0 aliphatic carbocycles. The lowest BCUT2D eigenvalue weighted by molar-refractivity contribution is -0.131. The average Bonchev–Trinajstić information content (AvgIpc) is 3.14. The van der Waals surface area contributed by atoms with Crippen LogP contribution in [-0.2, 0) is 17.8 Å². The first-order valence-corrected chi connectivity index (χ1v) is 8.12. The van der Waals surface area contributed by atoms with Crippen molar-refractivity contribution in [2.75, 3.05) is 6.79 Å². The lowest BCUT2D eigenvalue weighted by Crippen LogP contribution is -2.45. The largest absolute Gasteiger partial charge is 0.454 e. The summed E-state index contributed by atoms with van der Waals surface area (Å²) >= 11 is 0. The van der Waals surface area contributed by atoms with Gasteiger partial charge in [0, 0.05) is 6.42 Å². The Balaban J connectivity index is 1.53. The van der Waals surface area contributed by atoms with Gasteiger partial charge in [-0.1, -0.05) is 36.4 Å². The zero-order chi connectivity index (χ0) is 17.4. The number of fused-ring (bicyclic) bond motifs is 1. The summed E-state index contributed by atoms with van der Waals surface area (Å²) in [5.74, 6) is 1.14. The quantitative estimate of drug-likeness (QED) is 0.870. The minimum Gasteiger partial charge on any atom is -0.454 e. The number of rotatable bonds is 4. The molecule has 0 spiro atoms. The van der Waals surface area contributed by atoms with E-state index in [2.05, 4.69) is 5.32 Å². The van der Waals surface area contributed by atoms with Crippen LogP contribution in [0.25, 0.3) is 0 Å². The molecule has 6 nitrogen and oxygen atoms in total. The number of amides is 3. The molecule has 128 valence electrons. The molecule has 2 aromatic carbocycles. The van der Waals surface area contributed by atoms with Gasteiger partial charge in [-0.2, -0.15) is 0 Å². The Morgan fingerprint density at radius 2 is 1.80 bits per heavy atom. The molecule has 1 atom stereocenters. The molecule has 2 aliphatic rings. The monoisotopic (exact) mass is 338 g/mol. The van der Waals surface area contributed by atoms with Crippen LogP contribution in [0.3, 0.4) is 0 Å². The third-order valence-electron chi connectivity index (χ3n) is 4.52. The maximum absolute atomic E-state index is 12.9. The second-order valence-corrected chi connectivity index (χ2v) is 6.50. The molecule has 25 heavy (non-hydrogen) atoms. The van der Waals surface area contributed by atoms with Gasteiger partial charge in [0.1, 0.15) is 5.54 Å². The Hall–Kier alpha value is -3.02. The number of urea groups is 1. The molecule has 1 saturated heterocycles. The summed E-state index contributed by atoms with van der Waals surface area (Å²) in [7, 11) is 0. The second-order valence-electron chi connectivity index (χ2n) is 6.50. The van der Waals surface area contributed by atoms with Crippen LogP contribution in [0.5, 0.6) is 11.5 Å². The molecule has 1 fully saturated rings. The van der Waals surface area contributed by atoms with Gasteiger partial charge in [0.25, 0.3) is 5.91 Å². The number of hydrogen-bond acceptors (Lipinski definition) is 4. The van der Waals surface area contributed by atoms with Crippen LogP contribution < -0.4 is 14.8 Å². The molecule has 4 rings (SSSR count). The van der Waals surface area contributed by atoms with Crippen molar-refractivity contribution in [3.8, 4) is 11.5 Å². The van der Waals surface area contributed by atoms with Crippen molar-refractivity contribution >= 4 is 11.9 Å². The number of imide groups is 1. The molecule has 3 amide bonds. The third-order valence-corrected chi connectivity index (χ3v) is 4.52. The first-order valence-electron chi connectivity index (χ1n) is 8.12. The fourth-order valence-electron chi connectivity index (χ4n) is 3.24. The molecule has 0 saturated carbocycles. The highest BCUT2D eigenvalue weighted by atomic mass is 16.7. The number of ether oxygens (including phenoxy) is 2. The van der Waals surface area contributed by atoms with Crippen LogP contribution >= 0.6 is 0 Å². The van der Waals surface area contributed by atoms with E-state index in [4.69, 9.17) is 9.47 Å². The Labute approximate surface area is 145 Å². The zero-order valence-corrected chi connectivity index (χ0v) is 13.8. The molecule has 2 aliphatic heterocycles. The van der Waals surface area contributed by atoms with Gasteiger partial charge in [-0.05, 0) is 30.2 Å². The summed E-state index contributed by atoms with van der Waals surface area (Å²) in [6, 6.07) is 14.7. The molecular formula is C19H18N2O4. The number of carbonyl (C=O) groups excluding carboxylic acids is 2. The normalized spacial score (nSPS) is 21.6. The zero-order valence-electron chi connectivity index (χ0n) is 13.8. The minimum absolute atomic E-state index is 0.205. The summed E-state index contributed by atoms with van der Waals surface area (Å²) < 4.78 is 10.7. The average molecular weight is 338 g/mol. The van der Waals surface area contributed by atoms with Crippen molar-refractivity contribution in [3.63, 3.8) is 0 Å². The molecule has 6 heteroatoms. The molecule has 2 heterocycles. The van der Waals surface area contributed by atoms with E-state index in [-0.39, 0.29) is 25.3 Å². The fraction of sp³-hybridized carbons (Fsp3) is 0.263. The number of nitrogens with zero attached hydrogens (tertiary/aromatic N) is 1. The highest BCUT2D eigenvalue weighted by Crippen LogP contribution is 2.34. The molecule has 0 bridgehead atoms. The van der Waals surface area contributed by atoms with Crippen LogP contribution in [0.4, 0.5) is 4.79 Å². The van der Waals surface area contributed by atoms with E-state index in [0.717, 1.165) is 11.1 Å². The lowest BCUT2D eigenvalue weighted by atomic mass is 9.92. The topological polar surface area (TPSA) is 67.9 Å². The number of benzene rings is 2. The van der Waals surface area contributed by atoms with Crippen LogP contribution in [0.15, 0.2) is 48.5 Å². The van der Waals surface area contributed by atoms with Gasteiger partial charge in [0.15, 0.2) is 11.5 Å². The van der Waals surface area contributed by atoms with Crippen molar-refractivity contribution in [1.29, 1.82) is 0 Å². The Morgan fingerprint density at radius 3 is 2.60 bits per heavy atom. The predicted molar refractivity (Wildman–Crippen MR) is 90.2 cm³/mol. The van der Waals surface area contributed by atoms with Crippen molar-refractivity contribution in [3.05, 3.63) is 59.7 Å². The van der Waals surface area contributed by atoms with Crippen LogP contribution in [-0.4, -0.2) is 29.2 Å². The Bertz CT molecular complexity index is 837. The van der Waals surface area contributed by atoms with Gasteiger partial charge in [-0.3, -0.25) is 9.69 Å². The minimum atomic E-state index is -0.973. The van der Waals surface area contributed by atoms with Crippen molar-refractivity contribution in [2.24, 2.45) is 0 Å². The van der Waals surface area contributed by atoms with Crippen LogP contribution in [0, 0.1) is 0 Å².